The minimum absolute atomic E-state index is 0.0592. The highest BCUT2D eigenvalue weighted by Gasteiger charge is 2.30. The van der Waals surface area contributed by atoms with Crippen molar-refractivity contribution in [2.24, 2.45) is 0 Å². The molecule has 144 valence electrons. The van der Waals surface area contributed by atoms with E-state index in [0.717, 1.165) is 10.5 Å². The number of hydrogen-bond acceptors (Lipinski definition) is 7. The molecule has 0 aliphatic carbocycles. The van der Waals surface area contributed by atoms with E-state index < -0.39 is 23.8 Å². The fourth-order valence-corrected chi connectivity index (χ4v) is 2.61. The van der Waals surface area contributed by atoms with Gasteiger partial charge in [-0.25, -0.2) is 4.79 Å². The zero-order valence-corrected chi connectivity index (χ0v) is 15.0. The fraction of sp³-hybridized carbons (Fsp3) is 0.333. The number of imide groups is 1. The topological polar surface area (TPSA) is 125 Å². The highest BCUT2D eigenvalue weighted by Crippen LogP contribution is 2.18. The van der Waals surface area contributed by atoms with Crippen molar-refractivity contribution in [2.45, 2.75) is 19.4 Å². The van der Waals surface area contributed by atoms with E-state index in [1.165, 1.54) is 20.1 Å². The molecule has 0 aromatic heterocycles. The maximum Gasteiger partial charge on any atom is 0.328 e. The van der Waals surface area contributed by atoms with Gasteiger partial charge in [-0.15, -0.1) is 0 Å². The normalized spacial score (nSPS) is 14.6. The van der Waals surface area contributed by atoms with Crippen molar-refractivity contribution in [1.82, 2.24) is 10.2 Å². The molecular formula is C18H21N3O6. The number of carbonyl (C=O) groups is 4. The second kappa shape index (κ2) is 8.95. The molecule has 2 rings (SSSR count). The van der Waals surface area contributed by atoms with Crippen LogP contribution in [-0.2, 0) is 30.3 Å². The van der Waals surface area contributed by atoms with Gasteiger partial charge in [-0.05, 0) is 17.7 Å². The maximum absolute atomic E-state index is 12.1. The van der Waals surface area contributed by atoms with Crippen LogP contribution in [0.4, 0.5) is 5.69 Å². The molecule has 9 heteroatoms. The molecule has 0 spiro atoms. The first-order chi connectivity index (χ1) is 12.8. The second-order valence-electron chi connectivity index (χ2n) is 5.88. The van der Waals surface area contributed by atoms with Crippen LogP contribution < -0.4 is 10.6 Å². The summed E-state index contributed by atoms with van der Waals surface area (Å²) in [5.41, 5.74) is 1.47. The van der Waals surface area contributed by atoms with Gasteiger partial charge in [0, 0.05) is 25.1 Å². The lowest BCUT2D eigenvalue weighted by atomic mass is 10.1. The molecule has 1 aromatic carbocycles. The van der Waals surface area contributed by atoms with Gasteiger partial charge in [0.1, 0.15) is 11.7 Å². The number of anilines is 1. The van der Waals surface area contributed by atoms with Crippen molar-refractivity contribution in [3.05, 3.63) is 41.6 Å². The van der Waals surface area contributed by atoms with Gasteiger partial charge in [-0.1, -0.05) is 12.1 Å². The van der Waals surface area contributed by atoms with E-state index in [1.807, 2.05) is 0 Å². The number of esters is 1. The SMILES string of the molecule is COC(=O)C(Cc1ccc(NC2=CC(=O)N(CCO)C2=O)cc1)NC(C)=O. The Bertz CT molecular complexity index is 772. The summed E-state index contributed by atoms with van der Waals surface area (Å²) in [5.74, 6) is -1.87. The summed E-state index contributed by atoms with van der Waals surface area (Å²) >= 11 is 0. The Morgan fingerprint density at radius 3 is 2.44 bits per heavy atom. The summed E-state index contributed by atoms with van der Waals surface area (Å²) in [6.07, 6.45) is 1.42. The number of carbonyl (C=O) groups excluding carboxylic acids is 4. The third kappa shape index (κ3) is 5.14. The number of amides is 3. The van der Waals surface area contributed by atoms with Crippen LogP contribution >= 0.6 is 0 Å². The van der Waals surface area contributed by atoms with E-state index in [2.05, 4.69) is 15.4 Å². The summed E-state index contributed by atoms with van der Waals surface area (Å²) in [6, 6.07) is 6.03. The summed E-state index contributed by atoms with van der Waals surface area (Å²) in [5, 5.41) is 14.3. The number of benzene rings is 1. The lowest BCUT2D eigenvalue weighted by Crippen LogP contribution is -2.41. The van der Waals surface area contributed by atoms with Crippen LogP contribution in [0.1, 0.15) is 12.5 Å². The van der Waals surface area contributed by atoms with Gasteiger partial charge in [0.15, 0.2) is 0 Å². The lowest BCUT2D eigenvalue weighted by molar-refractivity contribution is -0.144. The Kier molecular flexibility index (Phi) is 6.67. The van der Waals surface area contributed by atoms with E-state index in [-0.39, 0.29) is 31.2 Å². The van der Waals surface area contributed by atoms with Crippen molar-refractivity contribution in [1.29, 1.82) is 0 Å². The number of aliphatic hydroxyl groups is 1. The zero-order chi connectivity index (χ0) is 20.0. The number of rotatable bonds is 8. The van der Waals surface area contributed by atoms with E-state index in [4.69, 9.17) is 5.11 Å². The van der Waals surface area contributed by atoms with Crippen LogP contribution in [0.5, 0.6) is 0 Å². The summed E-state index contributed by atoms with van der Waals surface area (Å²) < 4.78 is 4.68. The fourth-order valence-electron chi connectivity index (χ4n) is 2.61. The van der Waals surface area contributed by atoms with Crippen molar-refractivity contribution < 1.29 is 29.0 Å². The van der Waals surface area contributed by atoms with Gasteiger partial charge < -0.3 is 20.5 Å². The average molecular weight is 375 g/mol. The minimum Gasteiger partial charge on any atom is -0.467 e. The molecule has 1 unspecified atom stereocenters. The zero-order valence-electron chi connectivity index (χ0n) is 15.0. The van der Waals surface area contributed by atoms with Crippen molar-refractivity contribution in [3.63, 3.8) is 0 Å². The Balaban J connectivity index is 2.04. The first-order valence-corrected chi connectivity index (χ1v) is 8.25. The number of nitrogens with zero attached hydrogens (tertiary/aromatic N) is 1. The first kappa shape index (κ1) is 20.1. The number of methoxy groups -OCH3 is 1. The number of hydrogen-bond donors (Lipinski definition) is 3. The summed E-state index contributed by atoms with van der Waals surface area (Å²) in [7, 11) is 1.25. The predicted molar refractivity (Wildman–Crippen MR) is 95.3 cm³/mol. The number of nitrogens with one attached hydrogen (secondary N) is 2. The molecule has 1 aromatic rings. The Labute approximate surface area is 156 Å². The van der Waals surface area contributed by atoms with Crippen molar-refractivity contribution in [3.8, 4) is 0 Å². The standard InChI is InChI=1S/C18H21N3O6/c1-11(23)19-15(18(26)27-2)9-12-3-5-13(6-4-12)20-14-10-16(24)21(7-8-22)17(14)25/h3-6,10,15,20,22H,7-9H2,1-2H3,(H,19,23). The molecule has 1 aliphatic heterocycles. The molecule has 1 heterocycles. The van der Waals surface area contributed by atoms with Crippen molar-refractivity contribution >= 4 is 29.4 Å². The van der Waals surface area contributed by atoms with Gasteiger partial charge >= 0.3 is 5.97 Å². The molecular weight excluding hydrogens is 354 g/mol. The Morgan fingerprint density at radius 1 is 1.22 bits per heavy atom. The second-order valence-corrected chi connectivity index (χ2v) is 5.88. The molecule has 27 heavy (non-hydrogen) atoms. The van der Waals surface area contributed by atoms with E-state index in [1.54, 1.807) is 24.3 Å². The monoisotopic (exact) mass is 375 g/mol. The van der Waals surface area contributed by atoms with Crippen LogP contribution in [0, 0.1) is 0 Å². The molecule has 0 bridgehead atoms. The quantitative estimate of drug-likeness (QED) is 0.416. The molecule has 0 saturated heterocycles. The molecule has 1 atom stereocenters. The van der Waals surface area contributed by atoms with E-state index in [0.29, 0.717) is 5.69 Å². The predicted octanol–water partition coefficient (Wildman–Crippen LogP) is -0.436. The third-order valence-electron chi connectivity index (χ3n) is 3.87. The molecule has 0 saturated carbocycles. The highest BCUT2D eigenvalue weighted by molar-refractivity contribution is 6.17. The molecule has 3 N–H and O–H groups in total. The van der Waals surface area contributed by atoms with Crippen LogP contribution in [-0.4, -0.2) is 60.0 Å². The van der Waals surface area contributed by atoms with Gasteiger partial charge in [-0.3, -0.25) is 19.3 Å². The van der Waals surface area contributed by atoms with E-state index in [9.17, 15) is 19.2 Å². The third-order valence-corrected chi connectivity index (χ3v) is 3.87. The van der Waals surface area contributed by atoms with Gasteiger partial charge in [0.05, 0.1) is 20.3 Å². The Hall–Kier alpha value is -3.20. The van der Waals surface area contributed by atoms with Crippen molar-refractivity contribution in [2.75, 3.05) is 25.6 Å². The summed E-state index contributed by atoms with van der Waals surface area (Å²) in [6.45, 7) is 0.954. The molecule has 0 radical (unpaired) electrons. The summed E-state index contributed by atoms with van der Waals surface area (Å²) in [4.78, 5) is 47.8. The number of aliphatic hydroxyl groups excluding tert-OH is 1. The van der Waals surface area contributed by atoms with Gasteiger partial charge in [0.2, 0.25) is 5.91 Å². The smallest absolute Gasteiger partial charge is 0.328 e. The molecule has 9 nitrogen and oxygen atoms in total. The average Bonchev–Trinajstić information content (AvgIpc) is 2.89. The van der Waals surface area contributed by atoms with E-state index >= 15 is 0 Å². The van der Waals surface area contributed by atoms with Crippen LogP contribution in [0.3, 0.4) is 0 Å². The van der Waals surface area contributed by atoms with Crippen LogP contribution in [0.2, 0.25) is 0 Å². The first-order valence-electron chi connectivity index (χ1n) is 8.25. The Morgan fingerprint density at radius 2 is 1.89 bits per heavy atom. The lowest BCUT2D eigenvalue weighted by Gasteiger charge is -2.16. The van der Waals surface area contributed by atoms with Crippen LogP contribution in [0.25, 0.3) is 0 Å². The molecule has 1 aliphatic rings. The largest absolute Gasteiger partial charge is 0.467 e. The minimum atomic E-state index is -0.796. The molecule has 0 fully saturated rings. The number of ether oxygens (including phenoxy) is 1. The van der Waals surface area contributed by atoms with Gasteiger partial charge in [0.25, 0.3) is 11.8 Å². The maximum atomic E-state index is 12.1. The van der Waals surface area contributed by atoms with Crippen LogP contribution in [0.15, 0.2) is 36.0 Å². The molecule has 3 amide bonds. The van der Waals surface area contributed by atoms with Gasteiger partial charge in [-0.2, -0.15) is 0 Å². The number of β-amino-alcohol motifs (C(OH)–C–C–N with tert-alkyl or cyclic N) is 1. The highest BCUT2D eigenvalue weighted by atomic mass is 16.5.